The zero-order chi connectivity index (χ0) is 12.5. The zero-order valence-electron chi connectivity index (χ0n) is 10.5. The predicted molar refractivity (Wildman–Crippen MR) is 70.0 cm³/mol. The Bertz CT molecular complexity index is 559. The maximum atomic E-state index is 5.70. The van der Waals surface area contributed by atoms with Gasteiger partial charge in [0.1, 0.15) is 5.82 Å². The third kappa shape index (κ3) is 1.73. The molecule has 1 aliphatic rings. The van der Waals surface area contributed by atoms with Crippen LogP contribution < -0.4 is 15.4 Å². The number of pyridine rings is 1. The quantitative estimate of drug-likeness (QED) is 0.866. The molecule has 0 bridgehead atoms. The highest BCUT2D eigenvalue weighted by atomic mass is 16.5. The summed E-state index contributed by atoms with van der Waals surface area (Å²) in [6.07, 6.45) is 3.74. The van der Waals surface area contributed by atoms with Crippen molar-refractivity contribution in [1.29, 1.82) is 0 Å². The summed E-state index contributed by atoms with van der Waals surface area (Å²) in [4.78, 5) is 6.54. The first-order chi connectivity index (χ1) is 8.79. The molecule has 1 aliphatic heterocycles. The number of methoxy groups -OCH3 is 1. The monoisotopic (exact) mass is 247 g/mol. The minimum Gasteiger partial charge on any atom is -0.493 e. The second-order valence-electron chi connectivity index (χ2n) is 4.51. The van der Waals surface area contributed by atoms with E-state index in [1.54, 1.807) is 11.6 Å². The Kier molecular flexibility index (Phi) is 2.70. The van der Waals surface area contributed by atoms with Gasteiger partial charge in [0.15, 0.2) is 5.75 Å². The molecule has 0 aliphatic carbocycles. The number of rotatable bonds is 2. The standard InChI is InChI=1S/C12H17N5O/c1-18-9-5-6-10(16-7-3-2-4-8-16)17-11(9)14-12(13)15-17/h5-6H,2-4,7-8H2,1H3,(H2,13,15). The van der Waals surface area contributed by atoms with Crippen LogP contribution in [-0.4, -0.2) is 34.8 Å². The molecule has 96 valence electrons. The number of anilines is 2. The lowest BCUT2D eigenvalue weighted by Gasteiger charge is -2.28. The largest absolute Gasteiger partial charge is 0.493 e. The van der Waals surface area contributed by atoms with Crippen molar-refractivity contribution in [2.24, 2.45) is 0 Å². The van der Waals surface area contributed by atoms with Crippen molar-refractivity contribution >= 4 is 17.4 Å². The second-order valence-corrected chi connectivity index (χ2v) is 4.51. The predicted octanol–water partition coefficient (Wildman–Crippen LogP) is 1.31. The van der Waals surface area contributed by atoms with E-state index in [0.717, 1.165) is 18.9 Å². The smallest absolute Gasteiger partial charge is 0.240 e. The first kappa shape index (κ1) is 11.1. The van der Waals surface area contributed by atoms with Crippen molar-refractivity contribution < 1.29 is 4.74 Å². The van der Waals surface area contributed by atoms with Crippen LogP contribution in [0.25, 0.3) is 5.65 Å². The summed E-state index contributed by atoms with van der Waals surface area (Å²) < 4.78 is 7.06. The molecule has 6 nitrogen and oxygen atoms in total. The van der Waals surface area contributed by atoms with Gasteiger partial charge in [-0.1, -0.05) is 0 Å². The summed E-state index contributed by atoms with van der Waals surface area (Å²) in [5.74, 6) is 2.01. The van der Waals surface area contributed by atoms with Gasteiger partial charge in [0.2, 0.25) is 11.6 Å². The van der Waals surface area contributed by atoms with E-state index in [0.29, 0.717) is 11.4 Å². The van der Waals surface area contributed by atoms with Crippen LogP contribution in [0.1, 0.15) is 19.3 Å². The number of hydrogen-bond acceptors (Lipinski definition) is 5. The molecule has 3 heterocycles. The Balaban J connectivity index is 2.11. The van der Waals surface area contributed by atoms with Crippen LogP contribution >= 0.6 is 0 Å². The molecule has 18 heavy (non-hydrogen) atoms. The maximum Gasteiger partial charge on any atom is 0.240 e. The second kappa shape index (κ2) is 4.36. The van der Waals surface area contributed by atoms with Crippen molar-refractivity contribution in [3.63, 3.8) is 0 Å². The summed E-state index contributed by atoms with van der Waals surface area (Å²) >= 11 is 0. The molecular weight excluding hydrogens is 230 g/mol. The Morgan fingerprint density at radius 1 is 1.22 bits per heavy atom. The van der Waals surface area contributed by atoms with Crippen LogP contribution in [-0.2, 0) is 0 Å². The van der Waals surface area contributed by atoms with Crippen LogP contribution in [0.5, 0.6) is 5.75 Å². The van der Waals surface area contributed by atoms with Crippen molar-refractivity contribution in [2.75, 3.05) is 30.8 Å². The minimum absolute atomic E-state index is 0.276. The highest BCUT2D eigenvalue weighted by molar-refractivity contribution is 5.61. The fourth-order valence-corrected chi connectivity index (χ4v) is 2.46. The van der Waals surface area contributed by atoms with Crippen molar-refractivity contribution in [3.8, 4) is 5.75 Å². The van der Waals surface area contributed by atoms with Gasteiger partial charge >= 0.3 is 0 Å². The van der Waals surface area contributed by atoms with E-state index in [-0.39, 0.29) is 5.95 Å². The molecule has 2 aromatic rings. The van der Waals surface area contributed by atoms with E-state index in [1.165, 1.54) is 19.3 Å². The summed E-state index contributed by atoms with van der Waals surface area (Å²) in [6, 6.07) is 3.94. The van der Waals surface area contributed by atoms with E-state index >= 15 is 0 Å². The number of ether oxygens (including phenoxy) is 1. The molecule has 0 aromatic carbocycles. The summed E-state index contributed by atoms with van der Waals surface area (Å²) in [6.45, 7) is 2.11. The van der Waals surface area contributed by atoms with Gasteiger partial charge in [-0.05, 0) is 31.4 Å². The molecular formula is C12H17N5O. The molecule has 1 fully saturated rings. The first-order valence-corrected chi connectivity index (χ1v) is 6.24. The first-order valence-electron chi connectivity index (χ1n) is 6.24. The van der Waals surface area contributed by atoms with E-state index in [9.17, 15) is 0 Å². The van der Waals surface area contributed by atoms with E-state index < -0.39 is 0 Å². The van der Waals surface area contributed by atoms with E-state index in [1.807, 2.05) is 12.1 Å². The fourth-order valence-electron chi connectivity index (χ4n) is 2.46. The van der Waals surface area contributed by atoms with Gasteiger partial charge < -0.3 is 15.4 Å². The Morgan fingerprint density at radius 2 is 2.00 bits per heavy atom. The molecule has 0 atom stereocenters. The topological polar surface area (TPSA) is 68.7 Å². The van der Waals surface area contributed by atoms with Gasteiger partial charge in [-0.15, -0.1) is 5.10 Å². The molecule has 0 radical (unpaired) electrons. The zero-order valence-corrected chi connectivity index (χ0v) is 10.5. The van der Waals surface area contributed by atoms with Crippen LogP contribution in [0, 0.1) is 0 Å². The Hall–Kier alpha value is -1.98. The molecule has 2 aromatic heterocycles. The van der Waals surface area contributed by atoms with Gasteiger partial charge in [0.25, 0.3) is 0 Å². The number of piperidine rings is 1. The van der Waals surface area contributed by atoms with E-state index in [4.69, 9.17) is 10.5 Å². The summed E-state index contributed by atoms with van der Waals surface area (Å²) in [7, 11) is 1.63. The lowest BCUT2D eigenvalue weighted by Crippen LogP contribution is -2.31. The summed E-state index contributed by atoms with van der Waals surface area (Å²) in [5.41, 5.74) is 6.37. The third-order valence-electron chi connectivity index (χ3n) is 3.34. The maximum absolute atomic E-state index is 5.70. The van der Waals surface area contributed by atoms with Crippen LogP contribution in [0.4, 0.5) is 11.8 Å². The number of fused-ring (bicyclic) bond motifs is 1. The molecule has 2 N–H and O–H groups in total. The minimum atomic E-state index is 0.276. The fraction of sp³-hybridized carbons (Fsp3) is 0.500. The van der Waals surface area contributed by atoms with Crippen molar-refractivity contribution in [1.82, 2.24) is 14.6 Å². The van der Waals surface area contributed by atoms with Crippen LogP contribution in [0.3, 0.4) is 0 Å². The molecule has 0 unspecified atom stereocenters. The average molecular weight is 247 g/mol. The van der Waals surface area contributed by atoms with Crippen LogP contribution in [0.2, 0.25) is 0 Å². The molecule has 1 saturated heterocycles. The lowest BCUT2D eigenvalue weighted by molar-refractivity contribution is 0.416. The van der Waals surface area contributed by atoms with Gasteiger partial charge in [-0.25, -0.2) is 0 Å². The third-order valence-corrected chi connectivity index (χ3v) is 3.34. The SMILES string of the molecule is COc1ccc(N2CCCCC2)n2nc(N)nc12. The number of aromatic nitrogens is 3. The normalized spacial score (nSPS) is 16.2. The van der Waals surface area contributed by atoms with Crippen molar-refractivity contribution in [3.05, 3.63) is 12.1 Å². The van der Waals surface area contributed by atoms with Gasteiger partial charge in [0, 0.05) is 13.1 Å². The molecule has 0 saturated carbocycles. The lowest BCUT2D eigenvalue weighted by atomic mass is 10.1. The highest BCUT2D eigenvalue weighted by Crippen LogP contribution is 2.26. The number of hydrogen-bond donors (Lipinski definition) is 1. The molecule has 3 rings (SSSR count). The van der Waals surface area contributed by atoms with Gasteiger partial charge in [-0.2, -0.15) is 9.50 Å². The molecule has 0 spiro atoms. The van der Waals surface area contributed by atoms with E-state index in [2.05, 4.69) is 15.0 Å². The Morgan fingerprint density at radius 3 is 2.72 bits per heavy atom. The van der Waals surface area contributed by atoms with Crippen molar-refractivity contribution in [2.45, 2.75) is 19.3 Å². The molecule has 0 amide bonds. The highest BCUT2D eigenvalue weighted by Gasteiger charge is 2.17. The number of nitrogens with two attached hydrogens (primary N) is 1. The summed E-state index contributed by atoms with van der Waals surface area (Å²) in [5, 5.41) is 4.26. The Labute approximate surface area is 105 Å². The van der Waals surface area contributed by atoms with Crippen LogP contribution in [0.15, 0.2) is 12.1 Å². The average Bonchev–Trinajstić information content (AvgIpc) is 2.80. The van der Waals surface area contributed by atoms with Gasteiger partial charge in [-0.3, -0.25) is 0 Å². The number of nitrogens with zero attached hydrogens (tertiary/aromatic N) is 4. The molecule has 6 heteroatoms. The van der Waals surface area contributed by atoms with Gasteiger partial charge in [0.05, 0.1) is 7.11 Å². The number of nitrogen functional groups attached to an aromatic ring is 1.